The van der Waals surface area contributed by atoms with Crippen LogP contribution in [0.1, 0.15) is 16.2 Å². The molecule has 0 radical (unpaired) electrons. The zero-order valence-corrected chi connectivity index (χ0v) is 15.8. The molecule has 0 fully saturated rings. The molecule has 31 heavy (non-hydrogen) atoms. The van der Waals surface area contributed by atoms with Crippen molar-refractivity contribution in [1.82, 2.24) is 10.5 Å². The van der Waals surface area contributed by atoms with E-state index < -0.39 is 5.91 Å². The molecule has 2 aromatic heterocycles. The lowest BCUT2D eigenvalue weighted by Crippen LogP contribution is -2.22. The van der Waals surface area contributed by atoms with Crippen LogP contribution < -0.4 is 10.1 Å². The van der Waals surface area contributed by atoms with E-state index in [1.807, 2.05) is 0 Å². The Labute approximate surface area is 174 Å². The second-order valence-electron chi connectivity index (χ2n) is 6.36. The highest BCUT2D eigenvalue weighted by atomic mass is 16.5. The van der Waals surface area contributed by atoms with Crippen LogP contribution in [-0.4, -0.2) is 21.3 Å². The summed E-state index contributed by atoms with van der Waals surface area (Å²) in [6.45, 7) is 0.165. The number of nitrogens with one attached hydrogen (secondary N) is 1. The number of nitroso groups, excluding NO2 is 1. The molecule has 2 heterocycles. The molecule has 0 atom stereocenters. The van der Waals surface area contributed by atoms with Crippen LogP contribution in [0, 0.1) is 4.91 Å². The Bertz CT molecular complexity index is 1210. The molecule has 10 nitrogen and oxygen atoms in total. The fourth-order valence-electron chi connectivity index (χ4n) is 2.79. The summed E-state index contributed by atoms with van der Waals surface area (Å²) in [5, 5.41) is 29.4. The van der Waals surface area contributed by atoms with Crippen molar-refractivity contribution < 1.29 is 28.7 Å². The van der Waals surface area contributed by atoms with Gasteiger partial charge in [-0.25, -0.2) is 0 Å². The number of phenols is 2. The molecular formula is C21H15N3O7. The first-order chi connectivity index (χ1) is 15.0. The fraction of sp³-hybridized carbons (Fsp3) is 0.0476. The van der Waals surface area contributed by atoms with Gasteiger partial charge in [0.25, 0.3) is 5.91 Å². The van der Waals surface area contributed by atoms with Crippen LogP contribution in [0.4, 0.5) is 5.69 Å². The molecule has 2 aromatic carbocycles. The molecular weight excluding hydrogens is 406 g/mol. The van der Waals surface area contributed by atoms with Crippen molar-refractivity contribution in [3.05, 3.63) is 77.2 Å². The van der Waals surface area contributed by atoms with E-state index in [-0.39, 0.29) is 46.5 Å². The molecule has 4 rings (SSSR count). The van der Waals surface area contributed by atoms with E-state index in [0.717, 1.165) is 6.07 Å². The quantitative estimate of drug-likeness (QED) is 0.370. The number of benzene rings is 2. The summed E-state index contributed by atoms with van der Waals surface area (Å²) in [5.41, 5.74) is 0.265. The van der Waals surface area contributed by atoms with Crippen LogP contribution in [0.3, 0.4) is 0 Å². The second kappa shape index (κ2) is 8.41. The predicted molar refractivity (Wildman–Crippen MR) is 107 cm³/mol. The Morgan fingerprint density at radius 1 is 1.13 bits per heavy atom. The highest BCUT2D eigenvalue weighted by molar-refractivity contribution is 5.93. The number of aromatic nitrogens is 1. The Balaban J connectivity index is 1.60. The van der Waals surface area contributed by atoms with Gasteiger partial charge in [-0.2, -0.15) is 0 Å². The molecule has 0 aliphatic rings. The molecule has 1 amide bonds. The predicted octanol–water partition coefficient (Wildman–Crippen LogP) is 4.47. The summed E-state index contributed by atoms with van der Waals surface area (Å²) < 4.78 is 16.1. The first-order valence-corrected chi connectivity index (χ1v) is 8.98. The number of nitrogens with zero attached hydrogens (tertiary/aromatic N) is 2. The van der Waals surface area contributed by atoms with Gasteiger partial charge in [0.1, 0.15) is 40.0 Å². The molecule has 0 aliphatic heterocycles. The van der Waals surface area contributed by atoms with Gasteiger partial charge in [-0.15, -0.1) is 4.91 Å². The van der Waals surface area contributed by atoms with Crippen LogP contribution in [0.5, 0.6) is 23.0 Å². The minimum atomic E-state index is -0.510. The third-order valence-electron chi connectivity index (χ3n) is 4.23. The van der Waals surface area contributed by atoms with E-state index >= 15 is 0 Å². The monoisotopic (exact) mass is 421 g/mol. The van der Waals surface area contributed by atoms with Crippen LogP contribution in [0.25, 0.3) is 11.3 Å². The number of phenolic OH excluding ortho intramolecular Hbond substituents is 2. The van der Waals surface area contributed by atoms with Gasteiger partial charge in [-0.05, 0) is 41.6 Å². The first kappa shape index (κ1) is 19.7. The lowest BCUT2D eigenvalue weighted by Gasteiger charge is -2.11. The van der Waals surface area contributed by atoms with Crippen molar-refractivity contribution in [1.29, 1.82) is 0 Å². The zero-order chi connectivity index (χ0) is 21.8. The fourth-order valence-corrected chi connectivity index (χ4v) is 2.79. The molecule has 0 aliphatic carbocycles. The number of hydrogen-bond donors (Lipinski definition) is 3. The van der Waals surface area contributed by atoms with Gasteiger partial charge < -0.3 is 29.2 Å². The SMILES string of the molecule is O=Nc1ccc(Oc2cc(O)cc(O)c2-c2cc(C(=O)NCc3ccco3)no2)cc1. The maximum absolute atomic E-state index is 12.3. The Morgan fingerprint density at radius 2 is 1.94 bits per heavy atom. The molecule has 0 unspecified atom stereocenters. The molecule has 0 saturated heterocycles. The summed E-state index contributed by atoms with van der Waals surface area (Å²) in [6.07, 6.45) is 1.49. The summed E-state index contributed by atoms with van der Waals surface area (Å²) in [7, 11) is 0. The van der Waals surface area contributed by atoms with Gasteiger partial charge >= 0.3 is 0 Å². The Morgan fingerprint density at radius 3 is 2.65 bits per heavy atom. The molecule has 0 bridgehead atoms. The highest BCUT2D eigenvalue weighted by Crippen LogP contribution is 2.43. The molecule has 0 spiro atoms. The molecule has 0 saturated carbocycles. The standard InChI is InChI=1S/C21H15N3O7/c25-13-8-17(26)20(18(9-13)30-14-5-3-12(23-28)4-6-14)19-10-16(24-31-19)21(27)22-11-15-2-1-7-29-15/h1-10,25-26H,11H2,(H,22,27). The molecule has 10 heteroatoms. The number of furan rings is 1. The van der Waals surface area contributed by atoms with Gasteiger partial charge in [0, 0.05) is 18.2 Å². The topological polar surface area (TPSA) is 147 Å². The minimum absolute atomic E-state index is 0.0265. The summed E-state index contributed by atoms with van der Waals surface area (Å²) in [4.78, 5) is 22.9. The molecule has 4 aromatic rings. The van der Waals surface area contributed by atoms with Crippen LogP contribution in [-0.2, 0) is 6.54 Å². The van der Waals surface area contributed by atoms with Crippen LogP contribution in [0.2, 0.25) is 0 Å². The van der Waals surface area contributed by atoms with Gasteiger partial charge in [-0.3, -0.25) is 4.79 Å². The molecule has 156 valence electrons. The number of hydrogen-bond acceptors (Lipinski definition) is 9. The minimum Gasteiger partial charge on any atom is -0.508 e. The number of carbonyl (C=O) groups is 1. The number of ether oxygens (including phenoxy) is 1. The van der Waals surface area contributed by atoms with Gasteiger partial charge in [0.15, 0.2) is 11.5 Å². The number of aromatic hydroxyl groups is 2. The zero-order valence-electron chi connectivity index (χ0n) is 15.8. The molecule has 3 N–H and O–H groups in total. The second-order valence-corrected chi connectivity index (χ2v) is 6.36. The van der Waals surface area contributed by atoms with Crippen molar-refractivity contribution in [2.45, 2.75) is 6.54 Å². The van der Waals surface area contributed by atoms with Gasteiger partial charge in [0.2, 0.25) is 0 Å². The summed E-state index contributed by atoms with van der Waals surface area (Å²) >= 11 is 0. The van der Waals surface area contributed by atoms with E-state index in [1.165, 1.54) is 42.7 Å². The smallest absolute Gasteiger partial charge is 0.273 e. The summed E-state index contributed by atoms with van der Waals surface area (Å²) in [6, 6.07) is 13.0. The van der Waals surface area contributed by atoms with Gasteiger partial charge in [-0.1, -0.05) is 5.16 Å². The van der Waals surface area contributed by atoms with Gasteiger partial charge in [0.05, 0.1) is 12.8 Å². The maximum atomic E-state index is 12.3. The maximum Gasteiger partial charge on any atom is 0.273 e. The van der Waals surface area contributed by atoms with Crippen LogP contribution in [0.15, 0.2) is 75.0 Å². The lowest BCUT2D eigenvalue weighted by atomic mass is 10.1. The Kier molecular flexibility index (Phi) is 5.35. The number of rotatable bonds is 7. The van der Waals surface area contributed by atoms with Crippen molar-refractivity contribution in [3.8, 4) is 34.3 Å². The third-order valence-corrected chi connectivity index (χ3v) is 4.23. The normalized spacial score (nSPS) is 10.6. The first-order valence-electron chi connectivity index (χ1n) is 8.98. The van der Waals surface area contributed by atoms with E-state index in [4.69, 9.17) is 13.7 Å². The van der Waals surface area contributed by atoms with Crippen molar-refractivity contribution in [2.75, 3.05) is 0 Å². The number of carbonyl (C=O) groups excluding carboxylic acids is 1. The lowest BCUT2D eigenvalue weighted by molar-refractivity contribution is 0.0939. The van der Waals surface area contributed by atoms with E-state index in [1.54, 1.807) is 12.1 Å². The van der Waals surface area contributed by atoms with E-state index in [9.17, 15) is 19.9 Å². The third kappa shape index (κ3) is 4.37. The average molecular weight is 421 g/mol. The van der Waals surface area contributed by atoms with Crippen molar-refractivity contribution >= 4 is 11.6 Å². The largest absolute Gasteiger partial charge is 0.508 e. The van der Waals surface area contributed by atoms with E-state index in [2.05, 4.69) is 15.7 Å². The Hall–Kier alpha value is -4.60. The highest BCUT2D eigenvalue weighted by Gasteiger charge is 2.21. The van der Waals surface area contributed by atoms with Crippen molar-refractivity contribution in [2.24, 2.45) is 5.18 Å². The van der Waals surface area contributed by atoms with E-state index in [0.29, 0.717) is 11.5 Å². The number of amides is 1. The van der Waals surface area contributed by atoms with Crippen molar-refractivity contribution in [3.63, 3.8) is 0 Å². The van der Waals surface area contributed by atoms with Crippen LogP contribution >= 0.6 is 0 Å². The average Bonchev–Trinajstić information content (AvgIpc) is 3.44. The summed E-state index contributed by atoms with van der Waals surface area (Å²) in [5.74, 6) is -0.138.